The van der Waals surface area contributed by atoms with Gasteiger partial charge in [-0.3, -0.25) is 0 Å². The predicted octanol–water partition coefficient (Wildman–Crippen LogP) is 6.95. The molecule has 4 aromatic carbocycles. The number of carboxylic acids is 1. The smallest absolute Gasteiger partial charge is 0.335 e. The lowest BCUT2D eigenvalue weighted by Gasteiger charge is -2.33. The lowest BCUT2D eigenvalue weighted by molar-refractivity contribution is 0.0696. The predicted molar refractivity (Wildman–Crippen MR) is 140 cm³/mol. The Hall–Kier alpha value is -3.63. The molecule has 0 fully saturated rings. The normalized spacial score (nSPS) is 18.0. The van der Waals surface area contributed by atoms with E-state index in [1.54, 1.807) is 12.1 Å². The summed E-state index contributed by atoms with van der Waals surface area (Å²) >= 11 is 0. The molecule has 178 valence electrons. The molecule has 0 aliphatic carbocycles. The minimum atomic E-state index is -0.893. The molecule has 5 rings (SSSR count). The average Bonchev–Trinajstić information content (AvgIpc) is 2.90. The van der Waals surface area contributed by atoms with Crippen molar-refractivity contribution in [3.8, 4) is 5.75 Å². The molecule has 4 aromatic rings. The summed E-state index contributed by atoms with van der Waals surface area (Å²) in [5.74, 6) is 0.147. The molecule has 0 bridgehead atoms. The van der Waals surface area contributed by atoms with Crippen LogP contribution in [0.1, 0.15) is 65.2 Å². The van der Waals surface area contributed by atoms with E-state index < -0.39 is 5.97 Å². The molecule has 3 atom stereocenters. The zero-order valence-electron chi connectivity index (χ0n) is 20.0. The first-order chi connectivity index (χ1) is 17.1. The standard InChI is InChI=1S/C31H31NO3/c1-21(26-16-7-10-22-9-2-3-14-27(22)26)32-18-8-13-25-20-29(28-15-4-5-17-30(28)35-25)23-11-6-12-24(19-23)31(33)34/h2-7,9-12,14-17,19,21,25,29,32H,8,13,18,20H2,1H3,(H,33,34)/t21-,25?,29?/m1/s1. The molecule has 1 aliphatic rings. The van der Waals surface area contributed by atoms with Crippen LogP contribution in [0.15, 0.2) is 91.0 Å². The van der Waals surface area contributed by atoms with Crippen LogP contribution >= 0.6 is 0 Å². The number of ether oxygens (including phenoxy) is 1. The second-order valence-corrected chi connectivity index (χ2v) is 9.38. The summed E-state index contributed by atoms with van der Waals surface area (Å²) < 4.78 is 6.37. The first-order valence-corrected chi connectivity index (χ1v) is 12.4. The van der Waals surface area contributed by atoms with Crippen LogP contribution in [0.4, 0.5) is 0 Å². The Kier molecular flexibility index (Phi) is 6.82. The van der Waals surface area contributed by atoms with E-state index in [1.165, 1.54) is 16.3 Å². The third kappa shape index (κ3) is 5.08. The molecule has 0 radical (unpaired) electrons. The molecule has 0 amide bonds. The first-order valence-electron chi connectivity index (χ1n) is 12.4. The van der Waals surface area contributed by atoms with Crippen molar-refractivity contribution >= 4 is 16.7 Å². The molecule has 35 heavy (non-hydrogen) atoms. The van der Waals surface area contributed by atoms with Gasteiger partial charge in [-0.2, -0.15) is 0 Å². The summed E-state index contributed by atoms with van der Waals surface area (Å²) in [7, 11) is 0. The Labute approximate surface area is 206 Å². The Balaban J connectivity index is 1.24. The van der Waals surface area contributed by atoms with Crippen molar-refractivity contribution < 1.29 is 14.6 Å². The molecule has 0 saturated heterocycles. The minimum absolute atomic E-state index is 0.0954. The van der Waals surface area contributed by atoms with Gasteiger partial charge in [-0.1, -0.05) is 72.8 Å². The lowest BCUT2D eigenvalue weighted by Crippen LogP contribution is -2.28. The lowest BCUT2D eigenvalue weighted by atomic mass is 9.83. The van der Waals surface area contributed by atoms with E-state index in [1.807, 2.05) is 30.3 Å². The highest BCUT2D eigenvalue weighted by atomic mass is 16.5. The van der Waals surface area contributed by atoms with E-state index in [0.717, 1.165) is 42.7 Å². The molecule has 0 saturated carbocycles. The second kappa shape index (κ2) is 10.3. The van der Waals surface area contributed by atoms with Crippen molar-refractivity contribution in [2.45, 2.75) is 44.2 Å². The summed E-state index contributed by atoms with van der Waals surface area (Å²) in [5, 5.41) is 15.7. The maximum absolute atomic E-state index is 11.5. The highest BCUT2D eigenvalue weighted by molar-refractivity contribution is 5.88. The number of para-hydroxylation sites is 1. The van der Waals surface area contributed by atoms with E-state index >= 15 is 0 Å². The molecular weight excluding hydrogens is 434 g/mol. The number of benzene rings is 4. The van der Waals surface area contributed by atoms with Gasteiger partial charge in [0.1, 0.15) is 5.75 Å². The fourth-order valence-electron chi connectivity index (χ4n) is 5.26. The van der Waals surface area contributed by atoms with Gasteiger partial charge in [-0.25, -0.2) is 4.79 Å². The van der Waals surface area contributed by atoms with Crippen LogP contribution in [-0.4, -0.2) is 23.7 Å². The van der Waals surface area contributed by atoms with Crippen molar-refractivity contribution in [3.63, 3.8) is 0 Å². The van der Waals surface area contributed by atoms with Crippen LogP contribution in [0.2, 0.25) is 0 Å². The van der Waals surface area contributed by atoms with Crippen LogP contribution < -0.4 is 10.1 Å². The topological polar surface area (TPSA) is 58.6 Å². The number of nitrogens with one attached hydrogen (secondary N) is 1. The van der Waals surface area contributed by atoms with E-state index in [4.69, 9.17) is 4.74 Å². The molecule has 0 aromatic heterocycles. The zero-order chi connectivity index (χ0) is 24.2. The second-order valence-electron chi connectivity index (χ2n) is 9.38. The molecule has 4 heteroatoms. The number of fused-ring (bicyclic) bond motifs is 2. The van der Waals surface area contributed by atoms with Crippen LogP contribution in [0.3, 0.4) is 0 Å². The molecule has 2 unspecified atom stereocenters. The Bertz CT molecular complexity index is 1330. The van der Waals surface area contributed by atoms with E-state index in [0.29, 0.717) is 5.56 Å². The van der Waals surface area contributed by atoms with Gasteiger partial charge in [0.15, 0.2) is 0 Å². The number of carboxylic acid groups (broad SMARTS) is 1. The van der Waals surface area contributed by atoms with E-state index in [9.17, 15) is 9.90 Å². The van der Waals surface area contributed by atoms with E-state index in [-0.39, 0.29) is 18.1 Å². The van der Waals surface area contributed by atoms with Crippen LogP contribution in [0.5, 0.6) is 5.75 Å². The number of rotatable bonds is 8. The Morgan fingerprint density at radius 1 is 1.00 bits per heavy atom. The quantitative estimate of drug-likeness (QED) is 0.276. The summed E-state index contributed by atoms with van der Waals surface area (Å²) in [4.78, 5) is 11.5. The molecular formula is C31H31NO3. The van der Waals surface area contributed by atoms with Crippen LogP contribution in [0.25, 0.3) is 10.8 Å². The third-order valence-electron chi connectivity index (χ3n) is 7.07. The molecule has 1 aliphatic heterocycles. The van der Waals surface area contributed by atoms with Gasteiger partial charge in [0.25, 0.3) is 0 Å². The van der Waals surface area contributed by atoms with Crippen molar-refractivity contribution in [3.05, 3.63) is 113 Å². The molecule has 0 spiro atoms. The molecule has 2 N–H and O–H groups in total. The Morgan fingerprint density at radius 3 is 2.66 bits per heavy atom. The summed E-state index contributed by atoms with van der Waals surface area (Å²) in [6.07, 6.45) is 2.89. The summed E-state index contributed by atoms with van der Waals surface area (Å²) in [6, 6.07) is 30.7. The third-order valence-corrected chi connectivity index (χ3v) is 7.07. The average molecular weight is 466 g/mol. The number of hydrogen-bond donors (Lipinski definition) is 2. The number of aromatic carboxylic acids is 1. The number of hydrogen-bond acceptors (Lipinski definition) is 3. The highest BCUT2D eigenvalue weighted by Crippen LogP contribution is 2.41. The highest BCUT2D eigenvalue weighted by Gasteiger charge is 2.29. The largest absolute Gasteiger partial charge is 0.490 e. The fourth-order valence-corrected chi connectivity index (χ4v) is 5.26. The molecule has 1 heterocycles. The zero-order valence-corrected chi connectivity index (χ0v) is 20.0. The van der Waals surface area contributed by atoms with Gasteiger partial charge < -0.3 is 15.2 Å². The maximum Gasteiger partial charge on any atom is 0.335 e. The monoisotopic (exact) mass is 465 g/mol. The van der Waals surface area contributed by atoms with Gasteiger partial charge in [-0.15, -0.1) is 0 Å². The van der Waals surface area contributed by atoms with Crippen molar-refractivity contribution in [1.29, 1.82) is 0 Å². The Morgan fingerprint density at radius 2 is 1.77 bits per heavy atom. The summed E-state index contributed by atoms with van der Waals surface area (Å²) in [6.45, 7) is 3.13. The maximum atomic E-state index is 11.5. The van der Waals surface area contributed by atoms with Crippen molar-refractivity contribution in [2.24, 2.45) is 0 Å². The van der Waals surface area contributed by atoms with E-state index in [2.05, 4.69) is 60.8 Å². The first kappa shape index (κ1) is 23.1. The van der Waals surface area contributed by atoms with Gasteiger partial charge in [0.2, 0.25) is 0 Å². The fraction of sp³-hybridized carbons (Fsp3) is 0.258. The van der Waals surface area contributed by atoms with Crippen molar-refractivity contribution in [1.82, 2.24) is 5.32 Å². The van der Waals surface area contributed by atoms with Gasteiger partial charge in [-0.05, 0) is 72.8 Å². The molecule has 4 nitrogen and oxygen atoms in total. The SMILES string of the molecule is C[C@@H](NCCCC1CC(c2cccc(C(=O)O)c2)c2ccccc2O1)c1cccc2ccccc12. The summed E-state index contributed by atoms with van der Waals surface area (Å²) in [5.41, 5.74) is 3.82. The van der Waals surface area contributed by atoms with Gasteiger partial charge in [0.05, 0.1) is 11.7 Å². The van der Waals surface area contributed by atoms with Crippen molar-refractivity contribution in [2.75, 3.05) is 6.54 Å². The minimum Gasteiger partial charge on any atom is -0.490 e. The van der Waals surface area contributed by atoms with Crippen LogP contribution in [-0.2, 0) is 0 Å². The van der Waals surface area contributed by atoms with Gasteiger partial charge >= 0.3 is 5.97 Å². The van der Waals surface area contributed by atoms with Crippen LogP contribution in [0, 0.1) is 0 Å². The number of carbonyl (C=O) groups is 1. The van der Waals surface area contributed by atoms with Gasteiger partial charge in [0, 0.05) is 17.5 Å².